The van der Waals surface area contributed by atoms with Gasteiger partial charge in [0.1, 0.15) is 17.7 Å². The number of aliphatic hydroxyl groups is 1. The molecule has 1 heterocycles. The van der Waals surface area contributed by atoms with Gasteiger partial charge >= 0.3 is 0 Å². The fourth-order valence-electron chi connectivity index (χ4n) is 1.48. The average molecular weight is 240 g/mol. The number of hydrogen-bond acceptors (Lipinski definition) is 3. The maximum absolute atomic E-state index is 13.3. The van der Waals surface area contributed by atoms with Gasteiger partial charge in [-0.1, -0.05) is 12.1 Å². The Morgan fingerprint density at radius 1 is 1.44 bits per heavy atom. The summed E-state index contributed by atoms with van der Waals surface area (Å²) in [5.41, 5.74) is 0. The molecular weight excluding hydrogens is 227 g/mol. The molecule has 0 fully saturated rings. The molecule has 1 aromatic rings. The zero-order valence-electron chi connectivity index (χ0n) is 8.73. The van der Waals surface area contributed by atoms with Crippen LogP contribution in [0.15, 0.2) is 41.0 Å². The predicted octanol–water partition coefficient (Wildman–Crippen LogP) is 2.58. The van der Waals surface area contributed by atoms with Gasteiger partial charge in [0.2, 0.25) is 0 Å². The van der Waals surface area contributed by atoms with E-state index in [0.717, 1.165) is 6.42 Å². The summed E-state index contributed by atoms with van der Waals surface area (Å²) >= 11 is 1.30. The third-order valence-electron chi connectivity index (χ3n) is 2.29. The highest BCUT2D eigenvalue weighted by molar-refractivity contribution is 7.99. The third-order valence-corrected chi connectivity index (χ3v) is 3.42. The van der Waals surface area contributed by atoms with E-state index in [1.807, 2.05) is 6.08 Å². The van der Waals surface area contributed by atoms with Crippen LogP contribution < -0.4 is 0 Å². The lowest BCUT2D eigenvalue weighted by molar-refractivity contribution is 0.133. The summed E-state index contributed by atoms with van der Waals surface area (Å²) in [7, 11) is 0. The SMILES string of the molecule is OC(CSc1ccccc1F)C1=CCCO1. The summed E-state index contributed by atoms with van der Waals surface area (Å²) in [4.78, 5) is 0.556. The Hall–Kier alpha value is -1.00. The maximum atomic E-state index is 13.3. The first-order valence-electron chi connectivity index (χ1n) is 5.15. The first kappa shape index (κ1) is 11.5. The Labute approximate surface area is 98.1 Å². The molecular formula is C12H13FO2S. The van der Waals surface area contributed by atoms with Crippen LogP contribution in [0.3, 0.4) is 0 Å². The summed E-state index contributed by atoms with van der Waals surface area (Å²) in [6.07, 6.45) is 2.08. The van der Waals surface area contributed by atoms with Crippen molar-refractivity contribution in [2.24, 2.45) is 0 Å². The first-order valence-corrected chi connectivity index (χ1v) is 6.14. The van der Waals surface area contributed by atoms with Gasteiger partial charge in [-0.25, -0.2) is 4.39 Å². The lowest BCUT2D eigenvalue weighted by atomic mass is 10.3. The molecule has 0 aliphatic carbocycles. The molecule has 0 radical (unpaired) electrons. The molecule has 4 heteroatoms. The summed E-state index contributed by atoms with van der Waals surface area (Å²) < 4.78 is 18.5. The molecule has 1 N–H and O–H groups in total. The Kier molecular flexibility index (Phi) is 3.85. The van der Waals surface area contributed by atoms with Crippen molar-refractivity contribution in [3.05, 3.63) is 41.9 Å². The molecule has 2 nitrogen and oxygen atoms in total. The van der Waals surface area contributed by atoms with E-state index >= 15 is 0 Å². The average Bonchev–Trinajstić information content (AvgIpc) is 2.81. The Balaban J connectivity index is 1.90. The molecule has 1 aliphatic rings. The van der Waals surface area contributed by atoms with Gasteiger partial charge in [-0.3, -0.25) is 0 Å². The number of ether oxygens (including phenoxy) is 1. The molecule has 1 atom stereocenters. The second-order valence-electron chi connectivity index (χ2n) is 3.50. The number of rotatable bonds is 4. The normalized spacial score (nSPS) is 16.8. The molecule has 86 valence electrons. The fourth-order valence-corrected chi connectivity index (χ4v) is 2.36. The quantitative estimate of drug-likeness (QED) is 0.820. The van der Waals surface area contributed by atoms with Crippen molar-refractivity contribution in [3.8, 4) is 0 Å². The molecule has 0 spiro atoms. The summed E-state index contributed by atoms with van der Waals surface area (Å²) in [6.45, 7) is 0.636. The zero-order valence-corrected chi connectivity index (χ0v) is 9.54. The predicted molar refractivity (Wildman–Crippen MR) is 61.8 cm³/mol. The molecule has 0 bridgehead atoms. The van der Waals surface area contributed by atoms with E-state index in [1.165, 1.54) is 17.8 Å². The van der Waals surface area contributed by atoms with Gasteiger partial charge in [0.05, 0.1) is 6.61 Å². The van der Waals surface area contributed by atoms with E-state index in [0.29, 0.717) is 23.0 Å². The second kappa shape index (κ2) is 5.37. The van der Waals surface area contributed by atoms with Crippen molar-refractivity contribution in [2.75, 3.05) is 12.4 Å². The van der Waals surface area contributed by atoms with Crippen LogP contribution in [0.2, 0.25) is 0 Å². The minimum atomic E-state index is -0.646. The molecule has 1 aliphatic heterocycles. The number of thioether (sulfide) groups is 1. The number of halogens is 1. The van der Waals surface area contributed by atoms with E-state index in [2.05, 4.69) is 0 Å². The Morgan fingerprint density at radius 3 is 2.94 bits per heavy atom. The van der Waals surface area contributed by atoms with Crippen LogP contribution in [0.25, 0.3) is 0 Å². The van der Waals surface area contributed by atoms with Crippen LogP contribution in [0.5, 0.6) is 0 Å². The van der Waals surface area contributed by atoms with Gasteiger partial charge in [0.25, 0.3) is 0 Å². The van der Waals surface area contributed by atoms with Crippen molar-refractivity contribution in [1.82, 2.24) is 0 Å². The summed E-state index contributed by atoms with van der Waals surface area (Å²) in [6, 6.07) is 6.55. The van der Waals surface area contributed by atoms with Crippen LogP contribution in [0.4, 0.5) is 4.39 Å². The first-order chi connectivity index (χ1) is 7.77. The Morgan fingerprint density at radius 2 is 2.25 bits per heavy atom. The van der Waals surface area contributed by atoms with Gasteiger partial charge < -0.3 is 9.84 Å². The smallest absolute Gasteiger partial charge is 0.136 e. The number of hydrogen-bond donors (Lipinski definition) is 1. The molecule has 2 rings (SSSR count). The second-order valence-corrected chi connectivity index (χ2v) is 4.56. The highest BCUT2D eigenvalue weighted by Crippen LogP contribution is 2.24. The topological polar surface area (TPSA) is 29.5 Å². The van der Waals surface area contributed by atoms with E-state index in [1.54, 1.807) is 18.2 Å². The van der Waals surface area contributed by atoms with Crippen LogP contribution in [0.1, 0.15) is 6.42 Å². The van der Waals surface area contributed by atoms with Crippen molar-refractivity contribution in [3.63, 3.8) is 0 Å². The van der Waals surface area contributed by atoms with Crippen molar-refractivity contribution in [2.45, 2.75) is 17.4 Å². The van der Waals surface area contributed by atoms with Crippen molar-refractivity contribution in [1.29, 1.82) is 0 Å². The van der Waals surface area contributed by atoms with E-state index in [9.17, 15) is 9.50 Å². The lowest BCUT2D eigenvalue weighted by Crippen LogP contribution is -2.13. The molecule has 16 heavy (non-hydrogen) atoms. The molecule has 0 saturated heterocycles. The molecule has 0 saturated carbocycles. The zero-order chi connectivity index (χ0) is 11.4. The molecule has 1 aromatic carbocycles. The Bertz CT molecular complexity index is 392. The van der Waals surface area contributed by atoms with Gasteiger partial charge in [0.15, 0.2) is 0 Å². The van der Waals surface area contributed by atoms with Gasteiger partial charge in [0, 0.05) is 17.1 Å². The minimum absolute atomic E-state index is 0.249. The largest absolute Gasteiger partial charge is 0.495 e. The van der Waals surface area contributed by atoms with Crippen LogP contribution in [-0.4, -0.2) is 23.6 Å². The maximum Gasteiger partial charge on any atom is 0.136 e. The van der Waals surface area contributed by atoms with Gasteiger partial charge in [-0.05, 0) is 18.2 Å². The summed E-state index contributed by atoms with van der Waals surface area (Å²) in [5.74, 6) is 0.775. The number of aliphatic hydroxyl groups excluding tert-OH is 1. The standard InChI is InChI=1S/C12H13FO2S/c13-9-4-1-2-6-12(9)16-8-10(14)11-5-3-7-15-11/h1-2,4-6,10,14H,3,7-8H2. The summed E-state index contributed by atoms with van der Waals surface area (Å²) in [5, 5.41) is 9.76. The monoisotopic (exact) mass is 240 g/mol. The molecule has 1 unspecified atom stereocenters. The van der Waals surface area contributed by atoms with Gasteiger partial charge in [-0.15, -0.1) is 11.8 Å². The van der Waals surface area contributed by atoms with E-state index in [-0.39, 0.29) is 5.82 Å². The van der Waals surface area contributed by atoms with Gasteiger partial charge in [-0.2, -0.15) is 0 Å². The highest BCUT2D eigenvalue weighted by Gasteiger charge is 2.16. The highest BCUT2D eigenvalue weighted by atomic mass is 32.2. The fraction of sp³-hybridized carbons (Fsp3) is 0.333. The minimum Gasteiger partial charge on any atom is -0.495 e. The van der Waals surface area contributed by atoms with Crippen molar-refractivity contribution < 1.29 is 14.2 Å². The molecule has 0 amide bonds. The van der Waals surface area contributed by atoms with Crippen LogP contribution in [-0.2, 0) is 4.74 Å². The van der Waals surface area contributed by atoms with Crippen LogP contribution >= 0.6 is 11.8 Å². The van der Waals surface area contributed by atoms with E-state index in [4.69, 9.17) is 4.74 Å². The molecule has 0 aromatic heterocycles. The van der Waals surface area contributed by atoms with Crippen molar-refractivity contribution >= 4 is 11.8 Å². The lowest BCUT2D eigenvalue weighted by Gasteiger charge is -2.11. The third kappa shape index (κ3) is 2.77. The number of benzene rings is 1. The van der Waals surface area contributed by atoms with Crippen LogP contribution in [0, 0.1) is 5.82 Å². The van der Waals surface area contributed by atoms with E-state index < -0.39 is 6.10 Å².